The van der Waals surface area contributed by atoms with Crippen LogP contribution in [0.2, 0.25) is 0 Å². The van der Waals surface area contributed by atoms with Crippen molar-refractivity contribution in [1.29, 1.82) is 0 Å². The van der Waals surface area contributed by atoms with Crippen molar-refractivity contribution in [3.8, 4) is 5.75 Å². The number of hydrogen-bond acceptors (Lipinski definition) is 5. The molecule has 2 aliphatic heterocycles. The number of carbonyl (C=O) groups is 2. The second-order valence-electron chi connectivity index (χ2n) is 7.44. The molecule has 1 fully saturated rings. The first kappa shape index (κ1) is 18.2. The van der Waals surface area contributed by atoms with Crippen LogP contribution in [0.25, 0.3) is 0 Å². The van der Waals surface area contributed by atoms with Gasteiger partial charge in [-0.25, -0.2) is 5.10 Å². The zero-order valence-corrected chi connectivity index (χ0v) is 15.3. The molecule has 2 atom stereocenters. The number of aromatic amines is 1. The molecule has 0 spiro atoms. The Labute approximate surface area is 161 Å². The molecular formula is C20H21N3O5. The summed E-state index contributed by atoms with van der Waals surface area (Å²) in [5.41, 5.74) is 0.141. The lowest BCUT2D eigenvalue weighted by molar-refractivity contribution is -0.151. The number of likely N-dealkylation sites (tertiary alicyclic amines) is 1. The van der Waals surface area contributed by atoms with Crippen molar-refractivity contribution in [3.05, 3.63) is 58.0 Å². The molecule has 0 radical (unpaired) electrons. The Hall–Kier alpha value is -3.16. The van der Waals surface area contributed by atoms with Crippen molar-refractivity contribution in [2.75, 3.05) is 19.7 Å². The molecule has 1 saturated heterocycles. The van der Waals surface area contributed by atoms with Crippen molar-refractivity contribution in [1.82, 2.24) is 15.1 Å². The Morgan fingerprint density at radius 2 is 2.11 bits per heavy atom. The maximum atomic E-state index is 12.7. The van der Waals surface area contributed by atoms with Crippen molar-refractivity contribution < 1.29 is 19.4 Å². The molecule has 8 nitrogen and oxygen atoms in total. The lowest BCUT2D eigenvalue weighted by atomic mass is 9.74. The standard InChI is InChI=1S/C20H21N3O5/c24-17-7-5-15(21-22-17)6-8-18(25)23-10-14-11-28-16-4-2-1-3-13(16)9-20(14,12-23)19(26)27/h1-5,7,14H,6,8-12H2,(H,22,24)(H,26,27)/t14?,20-/m1/s1. The molecule has 28 heavy (non-hydrogen) atoms. The van der Waals surface area contributed by atoms with Crippen LogP contribution in [0.4, 0.5) is 0 Å². The summed E-state index contributed by atoms with van der Waals surface area (Å²) in [6.07, 6.45) is 0.934. The van der Waals surface area contributed by atoms with E-state index in [1.807, 2.05) is 24.3 Å². The number of carboxylic acids is 1. The maximum absolute atomic E-state index is 12.7. The summed E-state index contributed by atoms with van der Waals surface area (Å²) in [4.78, 5) is 37.7. The van der Waals surface area contributed by atoms with E-state index in [1.54, 1.807) is 11.0 Å². The number of nitrogens with one attached hydrogen (secondary N) is 1. The SMILES string of the molecule is O=C(CCc1ccc(=O)[nH]n1)N1CC2COc3ccccc3C[C@@]2(C(=O)O)C1. The summed E-state index contributed by atoms with van der Waals surface area (Å²) < 4.78 is 5.86. The van der Waals surface area contributed by atoms with E-state index >= 15 is 0 Å². The second kappa shape index (κ2) is 7.10. The van der Waals surface area contributed by atoms with Crippen LogP contribution in [-0.2, 0) is 22.4 Å². The van der Waals surface area contributed by atoms with Crippen LogP contribution in [0.1, 0.15) is 17.7 Å². The molecule has 2 N–H and O–H groups in total. The van der Waals surface area contributed by atoms with Gasteiger partial charge in [-0.1, -0.05) is 18.2 Å². The first-order valence-electron chi connectivity index (χ1n) is 9.24. The monoisotopic (exact) mass is 383 g/mol. The van der Waals surface area contributed by atoms with E-state index in [9.17, 15) is 19.5 Å². The van der Waals surface area contributed by atoms with Crippen molar-refractivity contribution >= 4 is 11.9 Å². The molecule has 0 saturated carbocycles. The minimum Gasteiger partial charge on any atom is -0.493 e. The van der Waals surface area contributed by atoms with E-state index in [1.165, 1.54) is 6.07 Å². The van der Waals surface area contributed by atoms with Gasteiger partial charge >= 0.3 is 5.97 Å². The van der Waals surface area contributed by atoms with Gasteiger partial charge < -0.3 is 14.7 Å². The van der Waals surface area contributed by atoms with Gasteiger partial charge in [0.2, 0.25) is 5.91 Å². The Balaban J connectivity index is 1.50. The Bertz CT molecular complexity index is 952. The van der Waals surface area contributed by atoms with Crippen LogP contribution in [-0.4, -0.2) is 51.8 Å². The smallest absolute Gasteiger partial charge is 0.312 e. The number of aryl methyl sites for hydroxylation is 1. The lowest BCUT2D eigenvalue weighted by Gasteiger charge is -2.27. The van der Waals surface area contributed by atoms with Gasteiger partial charge in [-0.05, 0) is 24.1 Å². The number of aliphatic carboxylic acids is 1. The molecule has 4 rings (SSSR count). The molecule has 1 amide bonds. The molecule has 3 heterocycles. The number of aromatic nitrogens is 2. The highest BCUT2D eigenvalue weighted by Gasteiger charge is 2.55. The summed E-state index contributed by atoms with van der Waals surface area (Å²) >= 11 is 0. The highest BCUT2D eigenvalue weighted by atomic mass is 16.5. The number of benzene rings is 1. The average Bonchev–Trinajstić information content (AvgIpc) is 2.98. The number of hydrogen-bond donors (Lipinski definition) is 2. The molecule has 8 heteroatoms. The minimum atomic E-state index is -1.04. The number of nitrogens with zero attached hydrogens (tertiary/aromatic N) is 2. The Kier molecular flexibility index (Phi) is 4.62. The zero-order valence-electron chi connectivity index (χ0n) is 15.3. The maximum Gasteiger partial charge on any atom is 0.312 e. The Morgan fingerprint density at radius 3 is 2.86 bits per heavy atom. The first-order valence-corrected chi connectivity index (χ1v) is 9.24. The summed E-state index contributed by atoms with van der Waals surface area (Å²) in [5.74, 6) is -0.558. The molecule has 146 valence electrons. The van der Waals surface area contributed by atoms with Gasteiger partial charge in [0.25, 0.3) is 5.56 Å². The second-order valence-corrected chi connectivity index (χ2v) is 7.44. The van der Waals surface area contributed by atoms with E-state index in [0.717, 1.165) is 11.3 Å². The Morgan fingerprint density at radius 1 is 1.29 bits per heavy atom. The van der Waals surface area contributed by atoms with Gasteiger partial charge in [0.1, 0.15) is 5.75 Å². The number of rotatable bonds is 4. The van der Waals surface area contributed by atoms with E-state index in [0.29, 0.717) is 25.1 Å². The highest BCUT2D eigenvalue weighted by Crippen LogP contribution is 2.44. The van der Waals surface area contributed by atoms with E-state index < -0.39 is 11.4 Å². The summed E-state index contributed by atoms with van der Waals surface area (Å²) in [5, 5.41) is 16.3. The number of carbonyl (C=O) groups excluding carboxylic acids is 1. The molecular weight excluding hydrogens is 362 g/mol. The number of carboxylic acid groups (broad SMARTS) is 1. The third-order valence-electron chi connectivity index (χ3n) is 5.72. The van der Waals surface area contributed by atoms with Crippen LogP contribution in [0.15, 0.2) is 41.2 Å². The zero-order chi connectivity index (χ0) is 19.7. The van der Waals surface area contributed by atoms with Crippen LogP contribution in [0.5, 0.6) is 5.75 Å². The van der Waals surface area contributed by atoms with Crippen LogP contribution in [0.3, 0.4) is 0 Å². The molecule has 0 bridgehead atoms. The molecule has 2 aromatic rings. The first-order chi connectivity index (χ1) is 13.5. The van der Waals surface area contributed by atoms with Gasteiger partial charge in [-0.15, -0.1) is 0 Å². The number of para-hydroxylation sites is 1. The third kappa shape index (κ3) is 3.26. The predicted molar refractivity (Wildman–Crippen MR) is 99.0 cm³/mol. The fraction of sp³-hybridized carbons (Fsp3) is 0.400. The van der Waals surface area contributed by atoms with Crippen molar-refractivity contribution in [2.24, 2.45) is 11.3 Å². The molecule has 1 unspecified atom stereocenters. The lowest BCUT2D eigenvalue weighted by Crippen LogP contribution is -2.42. The highest BCUT2D eigenvalue weighted by molar-refractivity contribution is 5.81. The van der Waals surface area contributed by atoms with Gasteiger partial charge in [0.05, 0.1) is 17.7 Å². The van der Waals surface area contributed by atoms with Crippen molar-refractivity contribution in [3.63, 3.8) is 0 Å². The predicted octanol–water partition coefficient (Wildman–Crippen LogP) is 0.867. The number of ether oxygens (including phenoxy) is 1. The summed E-state index contributed by atoms with van der Waals surface area (Å²) in [6.45, 7) is 0.801. The molecule has 2 aliphatic rings. The number of H-pyrrole nitrogens is 1. The molecule has 1 aromatic carbocycles. The fourth-order valence-electron chi connectivity index (χ4n) is 4.12. The van der Waals surface area contributed by atoms with Gasteiger partial charge in [-0.2, -0.15) is 5.10 Å². The minimum absolute atomic E-state index is 0.116. The topological polar surface area (TPSA) is 113 Å². The van der Waals surface area contributed by atoms with Crippen LogP contribution in [0, 0.1) is 11.3 Å². The van der Waals surface area contributed by atoms with Gasteiger partial charge in [0.15, 0.2) is 0 Å². The molecule has 0 aliphatic carbocycles. The van der Waals surface area contributed by atoms with Gasteiger partial charge in [-0.3, -0.25) is 14.4 Å². The van der Waals surface area contributed by atoms with E-state index in [-0.39, 0.29) is 37.0 Å². The van der Waals surface area contributed by atoms with Gasteiger partial charge in [0, 0.05) is 37.9 Å². The van der Waals surface area contributed by atoms with Crippen LogP contribution < -0.4 is 10.3 Å². The fourth-order valence-corrected chi connectivity index (χ4v) is 4.12. The van der Waals surface area contributed by atoms with Crippen molar-refractivity contribution in [2.45, 2.75) is 19.3 Å². The van der Waals surface area contributed by atoms with Crippen LogP contribution >= 0.6 is 0 Å². The summed E-state index contributed by atoms with van der Waals surface area (Å²) in [6, 6.07) is 10.4. The normalized spacial score (nSPS) is 23.3. The summed E-state index contributed by atoms with van der Waals surface area (Å²) in [7, 11) is 0. The average molecular weight is 383 g/mol. The van der Waals surface area contributed by atoms with E-state index in [4.69, 9.17) is 4.74 Å². The van der Waals surface area contributed by atoms with E-state index in [2.05, 4.69) is 10.2 Å². The third-order valence-corrected chi connectivity index (χ3v) is 5.72. The largest absolute Gasteiger partial charge is 0.493 e. The number of fused-ring (bicyclic) bond motifs is 2. The quantitative estimate of drug-likeness (QED) is 0.810. The molecule has 1 aromatic heterocycles. The number of amides is 1.